The van der Waals surface area contributed by atoms with Crippen molar-refractivity contribution in [2.45, 2.75) is 6.54 Å². The first-order valence-electron chi connectivity index (χ1n) is 6.30. The van der Waals surface area contributed by atoms with E-state index in [-0.39, 0.29) is 0 Å². The summed E-state index contributed by atoms with van der Waals surface area (Å²) in [5.41, 5.74) is 9.62. The SMILES string of the molecule is Nc1nc2ccc(Cn3cnc4cc(Br)cnc43)cc2s1. The Kier molecular flexibility index (Phi) is 2.90. The Labute approximate surface area is 132 Å². The second-order valence-corrected chi connectivity index (χ2v) is 6.70. The van der Waals surface area contributed by atoms with Crippen molar-refractivity contribution in [1.29, 1.82) is 0 Å². The Morgan fingerprint density at radius 1 is 1.19 bits per heavy atom. The van der Waals surface area contributed by atoms with Crippen LogP contribution in [0.1, 0.15) is 5.56 Å². The van der Waals surface area contributed by atoms with Crippen LogP contribution in [0.25, 0.3) is 21.4 Å². The fraction of sp³-hybridized carbons (Fsp3) is 0.0714. The standard InChI is InChI=1S/C14H10BrN5S/c15-9-4-11-13(17-5-9)20(7-18-11)6-8-1-2-10-12(3-8)21-14(16)19-10/h1-5,7H,6H2,(H2,16,19). The summed E-state index contributed by atoms with van der Waals surface area (Å²) in [7, 11) is 0. The molecule has 5 nitrogen and oxygen atoms in total. The normalized spacial score (nSPS) is 11.5. The Bertz CT molecular complexity index is 958. The second-order valence-electron chi connectivity index (χ2n) is 4.72. The van der Waals surface area contributed by atoms with Crippen molar-refractivity contribution in [3.8, 4) is 0 Å². The third kappa shape index (κ3) is 2.28. The van der Waals surface area contributed by atoms with Crippen LogP contribution in [0.5, 0.6) is 0 Å². The summed E-state index contributed by atoms with van der Waals surface area (Å²) >= 11 is 4.91. The molecule has 4 rings (SSSR count). The molecule has 0 unspecified atom stereocenters. The second kappa shape index (κ2) is 4.78. The molecule has 0 saturated heterocycles. The van der Waals surface area contributed by atoms with Crippen molar-refractivity contribution in [2.75, 3.05) is 5.73 Å². The van der Waals surface area contributed by atoms with Gasteiger partial charge < -0.3 is 10.3 Å². The van der Waals surface area contributed by atoms with E-state index in [2.05, 4.69) is 43.0 Å². The van der Waals surface area contributed by atoms with Crippen LogP contribution in [0.2, 0.25) is 0 Å². The lowest BCUT2D eigenvalue weighted by molar-refractivity contribution is 0.815. The summed E-state index contributed by atoms with van der Waals surface area (Å²) in [4.78, 5) is 13.1. The first-order chi connectivity index (χ1) is 10.2. The minimum absolute atomic E-state index is 0.599. The molecule has 2 N–H and O–H groups in total. The van der Waals surface area contributed by atoms with Gasteiger partial charge in [0.05, 0.1) is 23.1 Å². The largest absolute Gasteiger partial charge is 0.375 e. The number of imidazole rings is 1. The smallest absolute Gasteiger partial charge is 0.181 e. The molecule has 104 valence electrons. The van der Waals surface area contributed by atoms with Gasteiger partial charge in [0.1, 0.15) is 5.52 Å². The molecule has 0 radical (unpaired) electrons. The van der Waals surface area contributed by atoms with E-state index in [0.717, 1.165) is 32.4 Å². The molecule has 1 aromatic carbocycles. The van der Waals surface area contributed by atoms with Crippen LogP contribution in [0.3, 0.4) is 0 Å². The number of fused-ring (bicyclic) bond motifs is 2. The lowest BCUT2D eigenvalue weighted by Crippen LogP contribution is -1.98. The highest BCUT2D eigenvalue weighted by atomic mass is 79.9. The summed E-state index contributed by atoms with van der Waals surface area (Å²) in [6.45, 7) is 0.721. The molecule has 0 fully saturated rings. The molecule has 0 aliphatic rings. The zero-order chi connectivity index (χ0) is 14.4. The summed E-state index contributed by atoms with van der Waals surface area (Å²) in [5, 5.41) is 0.599. The third-order valence-corrected chi connectivity index (χ3v) is 4.53. The quantitative estimate of drug-likeness (QED) is 0.595. The number of hydrogen-bond donors (Lipinski definition) is 1. The lowest BCUT2D eigenvalue weighted by Gasteiger charge is -2.04. The predicted octanol–water partition coefficient (Wildman–Crippen LogP) is 3.43. The van der Waals surface area contributed by atoms with E-state index in [1.165, 1.54) is 16.9 Å². The Balaban J connectivity index is 1.75. The molecule has 0 aliphatic carbocycles. The van der Waals surface area contributed by atoms with E-state index in [1.807, 2.05) is 23.0 Å². The molecule has 0 aliphatic heterocycles. The molecule has 7 heteroatoms. The van der Waals surface area contributed by atoms with Gasteiger partial charge in [-0.3, -0.25) is 0 Å². The van der Waals surface area contributed by atoms with Crippen LogP contribution in [0.15, 0.2) is 41.3 Å². The molecule has 0 bridgehead atoms. The van der Waals surface area contributed by atoms with Gasteiger partial charge in [-0.05, 0) is 39.7 Å². The van der Waals surface area contributed by atoms with Gasteiger partial charge >= 0.3 is 0 Å². The molecule has 3 heterocycles. The van der Waals surface area contributed by atoms with E-state index < -0.39 is 0 Å². The molecule has 0 saturated carbocycles. The van der Waals surface area contributed by atoms with Crippen molar-refractivity contribution < 1.29 is 0 Å². The number of thiazole rings is 1. The van der Waals surface area contributed by atoms with Crippen LogP contribution in [0, 0.1) is 0 Å². The fourth-order valence-corrected chi connectivity index (χ4v) is 3.44. The van der Waals surface area contributed by atoms with Crippen LogP contribution >= 0.6 is 27.3 Å². The average molecular weight is 360 g/mol. The van der Waals surface area contributed by atoms with E-state index in [9.17, 15) is 0 Å². The number of rotatable bonds is 2. The Morgan fingerprint density at radius 2 is 2.10 bits per heavy atom. The average Bonchev–Trinajstić information content (AvgIpc) is 3.01. The van der Waals surface area contributed by atoms with Crippen molar-refractivity contribution >= 4 is 53.8 Å². The number of hydrogen-bond acceptors (Lipinski definition) is 5. The molecule has 21 heavy (non-hydrogen) atoms. The summed E-state index contributed by atoms with van der Waals surface area (Å²) in [6, 6.07) is 8.15. The molecular weight excluding hydrogens is 350 g/mol. The minimum Gasteiger partial charge on any atom is -0.375 e. The van der Waals surface area contributed by atoms with Crippen LogP contribution in [-0.2, 0) is 6.54 Å². The van der Waals surface area contributed by atoms with E-state index in [4.69, 9.17) is 5.73 Å². The Morgan fingerprint density at radius 3 is 3.00 bits per heavy atom. The van der Waals surface area contributed by atoms with Crippen molar-refractivity contribution in [1.82, 2.24) is 19.5 Å². The maximum Gasteiger partial charge on any atom is 0.181 e. The molecule has 4 aromatic rings. The van der Waals surface area contributed by atoms with E-state index in [0.29, 0.717) is 5.13 Å². The fourth-order valence-electron chi connectivity index (χ4n) is 2.32. The topological polar surface area (TPSA) is 69.6 Å². The van der Waals surface area contributed by atoms with E-state index in [1.54, 1.807) is 6.20 Å². The molecular formula is C14H10BrN5S. The maximum absolute atomic E-state index is 5.74. The number of nitrogens with two attached hydrogens (primary N) is 1. The third-order valence-electron chi connectivity index (χ3n) is 3.24. The first kappa shape index (κ1) is 12.7. The molecule has 3 aromatic heterocycles. The minimum atomic E-state index is 0.599. The van der Waals surface area contributed by atoms with Gasteiger partial charge in [0.15, 0.2) is 10.8 Å². The summed E-state index contributed by atoms with van der Waals surface area (Å²) < 4.78 is 4.07. The van der Waals surface area contributed by atoms with E-state index >= 15 is 0 Å². The highest BCUT2D eigenvalue weighted by Gasteiger charge is 2.07. The lowest BCUT2D eigenvalue weighted by atomic mass is 10.2. The number of halogens is 1. The molecule has 0 spiro atoms. The van der Waals surface area contributed by atoms with Crippen LogP contribution < -0.4 is 5.73 Å². The number of nitrogens with zero attached hydrogens (tertiary/aromatic N) is 4. The highest BCUT2D eigenvalue weighted by molar-refractivity contribution is 9.10. The first-order valence-corrected chi connectivity index (χ1v) is 7.91. The number of nitrogen functional groups attached to an aromatic ring is 1. The monoisotopic (exact) mass is 359 g/mol. The van der Waals surface area contributed by atoms with Crippen molar-refractivity contribution in [3.05, 3.63) is 46.8 Å². The van der Waals surface area contributed by atoms with Gasteiger partial charge in [0.2, 0.25) is 0 Å². The van der Waals surface area contributed by atoms with Crippen LogP contribution in [-0.4, -0.2) is 19.5 Å². The maximum atomic E-state index is 5.74. The van der Waals surface area contributed by atoms with Crippen LogP contribution in [0.4, 0.5) is 5.13 Å². The number of pyridine rings is 1. The number of anilines is 1. The van der Waals surface area contributed by atoms with Crippen molar-refractivity contribution in [2.24, 2.45) is 0 Å². The summed E-state index contributed by atoms with van der Waals surface area (Å²) in [5.74, 6) is 0. The predicted molar refractivity (Wildman–Crippen MR) is 88.4 cm³/mol. The zero-order valence-electron chi connectivity index (χ0n) is 10.8. The van der Waals surface area contributed by atoms with Gasteiger partial charge in [-0.15, -0.1) is 0 Å². The summed E-state index contributed by atoms with van der Waals surface area (Å²) in [6.07, 6.45) is 3.60. The number of aromatic nitrogens is 4. The van der Waals surface area contributed by atoms with Gasteiger partial charge in [-0.2, -0.15) is 0 Å². The molecule has 0 amide bonds. The zero-order valence-corrected chi connectivity index (χ0v) is 13.2. The Hall–Kier alpha value is -1.99. The number of benzene rings is 1. The van der Waals surface area contributed by atoms with Crippen molar-refractivity contribution in [3.63, 3.8) is 0 Å². The molecule has 0 atom stereocenters. The van der Waals surface area contributed by atoms with Gasteiger partial charge in [0, 0.05) is 10.7 Å². The highest BCUT2D eigenvalue weighted by Crippen LogP contribution is 2.25. The van der Waals surface area contributed by atoms with Gasteiger partial charge in [-0.25, -0.2) is 15.0 Å². The van der Waals surface area contributed by atoms with Gasteiger partial charge in [0.25, 0.3) is 0 Å². The van der Waals surface area contributed by atoms with Gasteiger partial charge in [-0.1, -0.05) is 17.4 Å².